The first kappa shape index (κ1) is 16.4. The van der Waals surface area contributed by atoms with E-state index < -0.39 is 46.7 Å². The minimum Gasteiger partial charge on any atom is -0.320 e. The zero-order valence-corrected chi connectivity index (χ0v) is 10.7. The Bertz CT molecular complexity index is 506. The van der Waals surface area contributed by atoms with Gasteiger partial charge in [0.15, 0.2) is 23.3 Å². The maximum absolute atomic E-state index is 13.3. The summed E-state index contributed by atoms with van der Waals surface area (Å²) in [6.45, 7) is 3.35. The largest absolute Gasteiger partial charge is 0.320 e. The molecule has 0 spiro atoms. The van der Waals surface area contributed by atoms with Crippen LogP contribution in [0.4, 0.5) is 27.6 Å². The fourth-order valence-electron chi connectivity index (χ4n) is 1.43. The van der Waals surface area contributed by atoms with E-state index in [1.54, 1.807) is 19.2 Å². The Hall–Kier alpha value is -1.70. The van der Waals surface area contributed by atoms with Crippen molar-refractivity contribution in [2.75, 3.05) is 5.32 Å². The fraction of sp³-hybridized carbons (Fsp3) is 0.417. The normalized spacial score (nSPS) is 14.0. The second-order valence-corrected chi connectivity index (χ2v) is 4.35. The van der Waals surface area contributed by atoms with E-state index in [4.69, 9.17) is 5.73 Å². The van der Waals surface area contributed by atoms with Crippen LogP contribution in [-0.2, 0) is 4.79 Å². The van der Waals surface area contributed by atoms with Gasteiger partial charge in [0.2, 0.25) is 11.7 Å². The van der Waals surface area contributed by atoms with Crippen molar-refractivity contribution in [3.8, 4) is 0 Å². The van der Waals surface area contributed by atoms with Gasteiger partial charge in [0.1, 0.15) is 5.69 Å². The number of benzene rings is 1. The number of carbonyl (C=O) groups excluding carboxylic acids is 1. The standard InChI is InChI=1S/C12H13F5N2O/c1-3-4(2)10(18)12(20)19-11-8(16)6(14)5(13)7(15)9(11)17/h4,10H,3,18H2,1-2H3,(H,19,20)/t4-,10-/m0/s1. The number of nitrogens with two attached hydrogens (primary N) is 1. The predicted octanol–water partition coefficient (Wildman–Crippen LogP) is 2.69. The lowest BCUT2D eigenvalue weighted by Crippen LogP contribution is -2.41. The van der Waals surface area contributed by atoms with E-state index in [9.17, 15) is 26.7 Å². The van der Waals surface area contributed by atoms with Gasteiger partial charge in [-0.25, -0.2) is 22.0 Å². The highest BCUT2D eigenvalue weighted by Gasteiger charge is 2.28. The van der Waals surface area contributed by atoms with Gasteiger partial charge in [-0.2, -0.15) is 0 Å². The van der Waals surface area contributed by atoms with Crippen molar-refractivity contribution in [1.29, 1.82) is 0 Å². The average molecular weight is 296 g/mol. The van der Waals surface area contributed by atoms with Gasteiger partial charge in [0.05, 0.1) is 6.04 Å². The molecule has 0 bridgehead atoms. The van der Waals surface area contributed by atoms with E-state index in [0.29, 0.717) is 6.42 Å². The molecule has 3 nitrogen and oxygen atoms in total. The van der Waals surface area contributed by atoms with Gasteiger partial charge in [-0.1, -0.05) is 20.3 Å². The third-order valence-electron chi connectivity index (χ3n) is 3.02. The van der Waals surface area contributed by atoms with Crippen molar-refractivity contribution in [2.45, 2.75) is 26.3 Å². The van der Waals surface area contributed by atoms with Crippen LogP contribution >= 0.6 is 0 Å². The molecular formula is C12H13F5N2O. The van der Waals surface area contributed by atoms with Gasteiger partial charge >= 0.3 is 0 Å². The molecule has 0 heterocycles. The van der Waals surface area contributed by atoms with Crippen LogP contribution in [0, 0.1) is 35.0 Å². The number of carbonyl (C=O) groups is 1. The highest BCUT2D eigenvalue weighted by atomic mass is 19.2. The van der Waals surface area contributed by atoms with Crippen molar-refractivity contribution in [1.82, 2.24) is 0 Å². The quantitative estimate of drug-likeness (QED) is 0.510. The first-order chi connectivity index (χ1) is 9.22. The van der Waals surface area contributed by atoms with Crippen LogP contribution in [0.15, 0.2) is 0 Å². The van der Waals surface area contributed by atoms with Crippen LogP contribution in [0.2, 0.25) is 0 Å². The zero-order valence-electron chi connectivity index (χ0n) is 10.7. The van der Waals surface area contributed by atoms with Gasteiger partial charge in [0, 0.05) is 0 Å². The maximum Gasteiger partial charge on any atom is 0.241 e. The number of rotatable bonds is 4. The summed E-state index contributed by atoms with van der Waals surface area (Å²) < 4.78 is 65.3. The molecular weight excluding hydrogens is 283 g/mol. The first-order valence-electron chi connectivity index (χ1n) is 5.80. The van der Waals surface area contributed by atoms with Gasteiger partial charge < -0.3 is 11.1 Å². The van der Waals surface area contributed by atoms with E-state index in [-0.39, 0.29) is 5.92 Å². The topological polar surface area (TPSA) is 55.1 Å². The molecule has 0 saturated heterocycles. The molecule has 2 atom stereocenters. The fourth-order valence-corrected chi connectivity index (χ4v) is 1.43. The third-order valence-corrected chi connectivity index (χ3v) is 3.02. The summed E-state index contributed by atoms with van der Waals surface area (Å²) in [7, 11) is 0. The molecule has 8 heteroatoms. The van der Waals surface area contributed by atoms with Gasteiger partial charge in [-0.15, -0.1) is 0 Å². The smallest absolute Gasteiger partial charge is 0.241 e. The Balaban J connectivity index is 3.14. The number of halogens is 5. The summed E-state index contributed by atoms with van der Waals surface area (Å²) in [6, 6.07) is -1.13. The Kier molecular flexibility index (Phi) is 5.04. The second kappa shape index (κ2) is 6.17. The van der Waals surface area contributed by atoms with Crippen molar-refractivity contribution in [3.05, 3.63) is 29.1 Å². The molecule has 0 saturated carbocycles. The summed E-state index contributed by atoms with van der Waals surface area (Å²) in [5.74, 6) is -12.1. The zero-order chi connectivity index (χ0) is 15.6. The number of amides is 1. The lowest BCUT2D eigenvalue weighted by molar-refractivity contribution is -0.118. The SMILES string of the molecule is CC[C@H](C)[C@H](N)C(=O)Nc1c(F)c(F)c(F)c(F)c1F. The molecule has 0 aromatic heterocycles. The average Bonchev–Trinajstić information content (AvgIpc) is 2.45. The maximum atomic E-state index is 13.3. The Morgan fingerprint density at radius 3 is 1.85 bits per heavy atom. The summed E-state index contributed by atoms with van der Waals surface area (Å²) >= 11 is 0. The molecule has 0 aliphatic carbocycles. The van der Waals surface area contributed by atoms with Crippen molar-refractivity contribution < 1.29 is 26.7 Å². The summed E-state index contributed by atoms with van der Waals surface area (Å²) in [5.41, 5.74) is 4.11. The third kappa shape index (κ3) is 2.90. The molecule has 0 fully saturated rings. The van der Waals surface area contributed by atoms with E-state index in [0.717, 1.165) is 0 Å². The molecule has 0 aliphatic heterocycles. The van der Waals surface area contributed by atoms with E-state index >= 15 is 0 Å². The molecule has 0 unspecified atom stereocenters. The highest BCUT2D eigenvalue weighted by Crippen LogP contribution is 2.27. The second-order valence-electron chi connectivity index (χ2n) is 4.35. The molecule has 0 radical (unpaired) electrons. The van der Waals surface area contributed by atoms with Crippen LogP contribution < -0.4 is 11.1 Å². The molecule has 112 valence electrons. The number of nitrogens with one attached hydrogen (secondary N) is 1. The predicted molar refractivity (Wildman–Crippen MR) is 62.3 cm³/mol. The van der Waals surface area contributed by atoms with Gasteiger partial charge in [-0.05, 0) is 5.92 Å². The minimum absolute atomic E-state index is 0.323. The van der Waals surface area contributed by atoms with Crippen molar-refractivity contribution >= 4 is 11.6 Å². The number of hydrogen-bond acceptors (Lipinski definition) is 2. The minimum atomic E-state index is -2.29. The van der Waals surface area contributed by atoms with Gasteiger partial charge in [0.25, 0.3) is 0 Å². The Morgan fingerprint density at radius 1 is 1.05 bits per heavy atom. The molecule has 3 N–H and O–H groups in total. The van der Waals surface area contributed by atoms with Crippen molar-refractivity contribution in [3.63, 3.8) is 0 Å². The van der Waals surface area contributed by atoms with E-state index in [1.807, 2.05) is 0 Å². The van der Waals surface area contributed by atoms with E-state index in [2.05, 4.69) is 0 Å². The van der Waals surface area contributed by atoms with Crippen LogP contribution in [0.3, 0.4) is 0 Å². The molecule has 1 rings (SSSR count). The summed E-state index contributed by atoms with van der Waals surface area (Å²) in [6.07, 6.45) is 0.506. The van der Waals surface area contributed by atoms with Crippen LogP contribution in [-0.4, -0.2) is 11.9 Å². The van der Waals surface area contributed by atoms with E-state index in [1.165, 1.54) is 0 Å². The van der Waals surface area contributed by atoms with Crippen LogP contribution in [0.1, 0.15) is 20.3 Å². The van der Waals surface area contributed by atoms with Crippen molar-refractivity contribution in [2.24, 2.45) is 11.7 Å². The molecule has 0 aliphatic rings. The lowest BCUT2D eigenvalue weighted by atomic mass is 9.99. The Labute approximate surface area is 112 Å². The molecule has 20 heavy (non-hydrogen) atoms. The number of anilines is 1. The van der Waals surface area contributed by atoms with Crippen LogP contribution in [0.25, 0.3) is 0 Å². The van der Waals surface area contributed by atoms with Gasteiger partial charge in [-0.3, -0.25) is 4.79 Å². The highest BCUT2D eigenvalue weighted by molar-refractivity contribution is 5.95. The van der Waals surface area contributed by atoms with Crippen LogP contribution in [0.5, 0.6) is 0 Å². The monoisotopic (exact) mass is 296 g/mol. The molecule has 1 amide bonds. The summed E-state index contributed by atoms with van der Waals surface area (Å²) in [5, 5.41) is 1.64. The molecule has 1 aromatic carbocycles. The first-order valence-corrected chi connectivity index (χ1v) is 5.80. The number of hydrogen-bond donors (Lipinski definition) is 2. The lowest BCUT2D eigenvalue weighted by Gasteiger charge is -2.18. The Morgan fingerprint density at radius 2 is 1.45 bits per heavy atom. The summed E-state index contributed by atoms with van der Waals surface area (Å²) in [4.78, 5) is 11.6. The molecule has 1 aromatic rings.